The molecule has 7 nitrogen and oxygen atoms in total. The molecule has 0 unspecified atom stereocenters. The standard InChI is InChI=1S/C27H29Cl2N5O2/c1-32(2)26(35)19-6-4-18(5-7-19)25-16-30-21(15-31-25)17-33(3)22-10-12-34(13-11-22)27(36)20-8-9-23(28)24(29)14-20/h4-9,14-16,22H,10-13,17H2,1-3H3. The minimum atomic E-state index is -0.0319. The Kier molecular flexibility index (Phi) is 8.24. The molecule has 2 heterocycles. The molecule has 4 rings (SSSR count). The van der Waals surface area contributed by atoms with E-state index in [4.69, 9.17) is 23.2 Å². The molecule has 188 valence electrons. The van der Waals surface area contributed by atoms with E-state index < -0.39 is 0 Å². The number of aromatic nitrogens is 2. The molecule has 0 bridgehead atoms. The molecule has 1 saturated heterocycles. The number of piperidine rings is 1. The summed E-state index contributed by atoms with van der Waals surface area (Å²) in [6, 6.07) is 12.7. The molecule has 1 fully saturated rings. The molecule has 1 aliphatic heterocycles. The third kappa shape index (κ3) is 6.03. The molecule has 0 spiro atoms. The fourth-order valence-electron chi connectivity index (χ4n) is 4.33. The Hall–Kier alpha value is -3.00. The van der Waals surface area contributed by atoms with Gasteiger partial charge in [0.15, 0.2) is 0 Å². The summed E-state index contributed by atoms with van der Waals surface area (Å²) in [5.41, 5.74) is 3.76. The molecule has 1 aliphatic rings. The molecule has 9 heteroatoms. The van der Waals surface area contributed by atoms with Gasteiger partial charge in [0, 0.05) is 56.5 Å². The number of hydrogen-bond acceptors (Lipinski definition) is 5. The fourth-order valence-corrected chi connectivity index (χ4v) is 4.63. The highest BCUT2D eigenvalue weighted by molar-refractivity contribution is 6.42. The van der Waals surface area contributed by atoms with E-state index in [0.29, 0.717) is 46.8 Å². The monoisotopic (exact) mass is 525 g/mol. The number of halogens is 2. The maximum atomic E-state index is 12.8. The molecule has 3 aromatic rings. The van der Waals surface area contributed by atoms with Crippen molar-refractivity contribution >= 4 is 35.0 Å². The van der Waals surface area contributed by atoms with Crippen LogP contribution >= 0.6 is 23.2 Å². The van der Waals surface area contributed by atoms with Gasteiger partial charge in [-0.15, -0.1) is 0 Å². The SMILES string of the molecule is CN(C)C(=O)c1ccc(-c2cnc(CN(C)C3CCN(C(=O)c4ccc(Cl)c(Cl)c4)CC3)cn2)cc1. The van der Waals surface area contributed by atoms with Gasteiger partial charge >= 0.3 is 0 Å². The summed E-state index contributed by atoms with van der Waals surface area (Å²) in [6.45, 7) is 2.05. The van der Waals surface area contributed by atoms with E-state index in [1.807, 2.05) is 17.0 Å². The Bertz CT molecular complexity index is 1220. The summed E-state index contributed by atoms with van der Waals surface area (Å²) in [5, 5.41) is 0.833. The lowest BCUT2D eigenvalue weighted by Gasteiger charge is -2.36. The number of likely N-dealkylation sites (tertiary alicyclic amines) is 1. The summed E-state index contributed by atoms with van der Waals surface area (Å²) < 4.78 is 0. The van der Waals surface area contributed by atoms with Crippen LogP contribution in [0.2, 0.25) is 10.0 Å². The van der Waals surface area contributed by atoms with Gasteiger partial charge in [0.2, 0.25) is 0 Å². The van der Waals surface area contributed by atoms with Crippen LogP contribution in [-0.2, 0) is 6.54 Å². The van der Waals surface area contributed by atoms with Gasteiger partial charge in [0.25, 0.3) is 11.8 Å². The molecule has 2 aromatic carbocycles. The second-order valence-electron chi connectivity index (χ2n) is 9.24. The van der Waals surface area contributed by atoms with E-state index in [1.54, 1.807) is 61.7 Å². The lowest BCUT2D eigenvalue weighted by Crippen LogP contribution is -2.45. The first-order valence-electron chi connectivity index (χ1n) is 11.8. The maximum Gasteiger partial charge on any atom is 0.253 e. The lowest BCUT2D eigenvalue weighted by molar-refractivity contribution is 0.0638. The third-order valence-corrected chi connectivity index (χ3v) is 7.23. The molecular formula is C27H29Cl2N5O2. The first-order valence-corrected chi connectivity index (χ1v) is 12.6. The molecule has 36 heavy (non-hydrogen) atoms. The van der Waals surface area contributed by atoms with Gasteiger partial charge in [0.05, 0.1) is 33.8 Å². The quantitative estimate of drug-likeness (QED) is 0.458. The molecule has 0 N–H and O–H groups in total. The number of amides is 2. The number of carbonyl (C=O) groups is 2. The van der Waals surface area contributed by atoms with Crippen molar-refractivity contribution in [3.63, 3.8) is 0 Å². The van der Waals surface area contributed by atoms with Crippen LogP contribution in [0.1, 0.15) is 39.3 Å². The lowest BCUT2D eigenvalue weighted by atomic mass is 10.0. The van der Waals surface area contributed by atoms with Gasteiger partial charge in [-0.05, 0) is 50.2 Å². The average molecular weight is 526 g/mol. The van der Waals surface area contributed by atoms with Gasteiger partial charge in [-0.3, -0.25) is 24.5 Å². The van der Waals surface area contributed by atoms with Crippen molar-refractivity contribution in [2.75, 3.05) is 34.2 Å². The van der Waals surface area contributed by atoms with E-state index >= 15 is 0 Å². The normalized spacial score (nSPS) is 14.2. The van der Waals surface area contributed by atoms with E-state index in [0.717, 1.165) is 29.8 Å². The van der Waals surface area contributed by atoms with Crippen molar-refractivity contribution < 1.29 is 9.59 Å². The van der Waals surface area contributed by atoms with Crippen LogP contribution in [0.3, 0.4) is 0 Å². The van der Waals surface area contributed by atoms with E-state index in [9.17, 15) is 9.59 Å². The second kappa shape index (κ2) is 11.4. The average Bonchev–Trinajstić information content (AvgIpc) is 2.90. The highest BCUT2D eigenvalue weighted by Crippen LogP contribution is 2.25. The van der Waals surface area contributed by atoms with Crippen molar-refractivity contribution in [1.29, 1.82) is 0 Å². The van der Waals surface area contributed by atoms with Gasteiger partial charge in [0.1, 0.15) is 0 Å². The number of carbonyl (C=O) groups excluding carboxylic acids is 2. The van der Waals surface area contributed by atoms with Crippen molar-refractivity contribution in [2.45, 2.75) is 25.4 Å². The molecule has 0 saturated carbocycles. The number of hydrogen-bond donors (Lipinski definition) is 0. The van der Waals surface area contributed by atoms with E-state index in [-0.39, 0.29) is 11.8 Å². The highest BCUT2D eigenvalue weighted by Gasteiger charge is 2.26. The minimum absolute atomic E-state index is 0.0183. The molecule has 0 atom stereocenters. The zero-order valence-electron chi connectivity index (χ0n) is 20.6. The topological polar surface area (TPSA) is 69.6 Å². The summed E-state index contributed by atoms with van der Waals surface area (Å²) in [4.78, 5) is 39.8. The number of nitrogens with zero attached hydrogens (tertiary/aromatic N) is 5. The maximum absolute atomic E-state index is 12.8. The Balaban J connectivity index is 1.31. The van der Waals surface area contributed by atoms with Crippen molar-refractivity contribution in [2.24, 2.45) is 0 Å². The number of rotatable bonds is 6. The zero-order chi connectivity index (χ0) is 25.8. The van der Waals surface area contributed by atoms with Crippen molar-refractivity contribution in [1.82, 2.24) is 24.7 Å². The Labute approximate surface area is 221 Å². The molecule has 1 aromatic heterocycles. The fraction of sp³-hybridized carbons (Fsp3) is 0.333. The van der Waals surface area contributed by atoms with Crippen LogP contribution in [0.5, 0.6) is 0 Å². The van der Waals surface area contributed by atoms with Gasteiger partial charge in [-0.2, -0.15) is 0 Å². The smallest absolute Gasteiger partial charge is 0.253 e. The van der Waals surface area contributed by atoms with Crippen LogP contribution in [0.4, 0.5) is 0 Å². The zero-order valence-corrected chi connectivity index (χ0v) is 22.1. The Morgan fingerprint density at radius 2 is 1.58 bits per heavy atom. The predicted molar refractivity (Wildman–Crippen MR) is 142 cm³/mol. The van der Waals surface area contributed by atoms with Gasteiger partial charge in [-0.25, -0.2) is 0 Å². The molecular weight excluding hydrogens is 497 g/mol. The van der Waals surface area contributed by atoms with Crippen LogP contribution in [0.25, 0.3) is 11.3 Å². The Morgan fingerprint density at radius 1 is 0.917 bits per heavy atom. The van der Waals surface area contributed by atoms with Crippen molar-refractivity contribution in [3.05, 3.63) is 81.7 Å². The van der Waals surface area contributed by atoms with E-state index in [1.165, 1.54) is 0 Å². The number of benzene rings is 2. The van der Waals surface area contributed by atoms with Gasteiger partial charge < -0.3 is 9.80 Å². The third-order valence-electron chi connectivity index (χ3n) is 6.49. The minimum Gasteiger partial charge on any atom is -0.345 e. The van der Waals surface area contributed by atoms with Gasteiger partial charge in [-0.1, -0.05) is 35.3 Å². The summed E-state index contributed by atoms with van der Waals surface area (Å²) in [7, 11) is 5.55. The highest BCUT2D eigenvalue weighted by atomic mass is 35.5. The molecule has 2 amide bonds. The first-order chi connectivity index (χ1) is 17.2. The van der Waals surface area contributed by atoms with Crippen LogP contribution in [0.15, 0.2) is 54.9 Å². The summed E-state index contributed by atoms with van der Waals surface area (Å²) in [6.07, 6.45) is 5.33. The largest absolute Gasteiger partial charge is 0.345 e. The molecule has 0 radical (unpaired) electrons. The van der Waals surface area contributed by atoms with E-state index in [2.05, 4.69) is 21.9 Å². The first kappa shape index (κ1) is 26.1. The second-order valence-corrected chi connectivity index (χ2v) is 10.1. The Morgan fingerprint density at radius 3 is 2.17 bits per heavy atom. The predicted octanol–water partition coefficient (Wildman–Crippen LogP) is 4.89. The molecule has 0 aliphatic carbocycles. The van der Waals surface area contributed by atoms with Crippen LogP contribution in [-0.4, -0.2) is 76.8 Å². The van der Waals surface area contributed by atoms with Crippen LogP contribution < -0.4 is 0 Å². The summed E-state index contributed by atoms with van der Waals surface area (Å²) in [5.74, 6) is -0.0502. The summed E-state index contributed by atoms with van der Waals surface area (Å²) >= 11 is 12.0. The van der Waals surface area contributed by atoms with Crippen LogP contribution in [0, 0.1) is 0 Å². The van der Waals surface area contributed by atoms with Crippen molar-refractivity contribution in [3.8, 4) is 11.3 Å².